The SMILES string of the molecule is CCOC(=O)c1oc2ccc(S(=O)(=O)N3CCN=C3N3CCN(c4cccc(Cl)c4)CC3)cc2c1C. The summed E-state index contributed by atoms with van der Waals surface area (Å²) in [5, 5.41) is 1.25. The molecule has 0 saturated carbocycles. The van der Waals surface area contributed by atoms with Crippen molar-refractivity contribution in [3.8, 4) is 0 Å². The topological polar surface area (TPSA) is 95.7 Å². The first-order valence-corrected chi connectivity index (χ1v) is 13.6. The summed E-state index contributed by atoms with van der Waals surface area (Å²) < 4.78 is 39.4. The van der Waals surface area contributed by atoms with Crippen LogP contribution in [0.15, 0.2) is 56.8 Å². The van der Waals surface area contributed by atoms with Gasteiger partial charge in [0, 0.05) is 47.8 Å². The summed E-state index contributed by atoms with van der Waals surface area (Å²) in [6, 6.07) is 12.4. The summed E-state index contributed by atoms with van der Waals surface area (Å²) in [4.78, 5) is 21.1. The number of carbonyl (C=O) groups excluding carboxylic acids is 1. The lowest BCUT2D eigenvalue weighted by Gasteiger charge is -2.38. The zero-order chi connectivity index (χ0) is 25.4. The average molecular weight is 531 g/mol. The van der Waals surface area contributed by atoms with Gasteiger partial charge in [0.1, 0.15) is 5.58 Å². The van der Waals surface area contributed by atoms with Crippen molar-refractivity contribution in [3.63, 3.8) is 0 Å². The van der Waals surface area contributed by atoms with Crippen LogP contribution in [0.25, 0.3) is 11.0 Å². The van der Waals surface area contributed by atoms with Gasteiger partial charge in [0.2, 0.25) is 11.7 Å². The van der Waals surface area contributed by atoms with E-state index in [1.165, 1.54) is 10.4 Å². The third-order valence-electron chi connectivity index (χ3n) is 6.47. The number of guanidine groups is 1. The Morgan fingerprint density at radius 2 is 1.83 bits per heavy atom. The minimum absolute atomic E-state index is 0.0856. The number of hydrogen-bond acceptors (Lipinski definition) is 8. The number of esters is 1. The van der Waals surface area contributed by atoms with Gasteiger partial charge in [0.05, 0.1) is 24.6 Å². The van der Waals surface area contributed by atoms with E-state index in [2.05, 4.69) is 9.89 Å². The molecule has 3 aromatic rings. The molecule has 36 heavy (non-hydrogen) atoms. The lowest BCUT2D eigenvalue weighted by atomic mass is 10.1. The Balaban J connectivity index is 1.36. The molecule has 11 heteroatoms. The van der Waals surface area contributed by atoms with Crippen molar-refractivity contribution in [2.24, 2.45) is 4.99 Å². The van der Waals surface area contributed by atoms with Crippen molar-refractivity contribution in [1.29, 1.82) is 0 Å². The van der Waals surface area contributed by atoms with Crippen molar-refractivity contribution < 1.29 is 22.4 Å². The van der Waals surface area contributed by atoms with Gasteiger partial charge in [-0.2, -0.15) is 0 Å². The van der Waals surface area contributed by atoms with Gasteiger partial charge >= 0.3 is 5.97 Å². The van der Waals surface area contributed by atoms with Gasteiger partial charge in [0.25, 0.3) is 10.0 Å². The van der Waals surface area contributed by atoms with Crippen LogP contribution in [-0.4, -0.2) is 75.4 Å². The highest BCUT2D eigenvalue weighted by Crippen LogP contribution is 2.30. The number of piperazine rings is 1. The zero-order valence-corrected chi connectivity index (χ0v) is 21.7. The third-order valence-corrected chi connectivity index (χ3v) is 8.48. The Kier molecular flexibility index (Phi) is 6.57. The standard InChI is InChI=1S/C25H27ClN4O5S/c1-3-34-24(31)23-17(2)21-16-20(7-8-22(21)35-23)36(32,33)30-10-9-27-25(30)29-13-11-28(12-14-29)19-6-4-5-18(26)15-19/h4-8,15-16H,3,9-14H2,1-2H3. The molecule has 0 atom stereocenters. The Morgan fingerprint density at radius 1 is 1.08 bits per heavy atom. The molecule has 0 amide bonds. The van der Waals surface area contributed by atoms with E-state index >= 15 is 0 Å². The van der Waals surface area contributed by atoms with Crippen LogP contribution < -0.4 is 4.90 Å². The maximum Gasteiger partial charge on any atom is 0.374 e. The molecule has 2 aromatic carbocycles. The van der Waals surface area contributed by atoms with E-state index in [0.29, 0.717) is 47.1 Å². The summed E-state index contributed by atoms with van der Waals surface area (Å²) in [6.07, 6.45) is 0. The second-order valence-corrected chi connectivity index (χ2v) is 10.9. The minimum Gasteiger partial charge on any atom is -0.460 e. The fraction of sp³-hybridized carbons (Fsp3) is 0.360. The molecule has 0 radical (unpaired) electrons. The van der Waals surface area contributed by atoms with Crippen molar-refractivity contribution in [2.75, 3.05) is 50.8 Å². The van der Waals surface area contributed by atoms with Crippen LogP contribution in [0.5, 0.6) is 0 Å². The van der Waals surface area contributed by atoms with Crippen LogP contribution in [0.2, 0.25) is 5.02 Å². The van der Waals surface area contributed by atoms with Crippen molar-refractivity contribution >= 4 is 50.2 Å². The van der Waals surface area contributed by atoms with Crippen LogP contribution in [0.4, 0.5) is 5.69 Å². The van der Waals surface area contributed by atoms with E-state index in [4.69, 9.17) is 20.8 Å². The molecule has 0 N–H and O–H groups in total. The molecule has 0 aliphatic carbocycles. The molecule has 0 bridgehead atoms. The lowest BCUT2D eigenvalue weighted by molar-refractivity contribution is 0.0491. The predicted octanol–water partition coefficient (Wildman–Crippen LogP) is 3.75. The molecule has 190 valence electrons. The molecule has 5 rings (SSSR count). The highest BCUT2D eigenvalue weighted by atomic mass is 35.5. The maximum absolute atomic E-state index is 13.7. The van der Waals surface area contributed by atoms with E-state index in [0.717, 1.165) is 18.8 Å². The van der Waals surface area contributed by atoms with Crippen LogP contribution in [0.3, 0.4) is 0 Å². The van der Waals surface area contributed by atoms with E-state index < -0.39 is 16.0 Å². The Morgan fingerprint density at radius 3 is 2.56 bits per heavy atom. The van der Waals surface area contributed by atoms with Gasteiger partial charge in [-0.15, -0.1) is 0 Å². The Labute approximate surface area is 214 Å². The minimum atomic E-state index is -3.87. The van der Waals surface area contributed by atoms with Crippen molar-refractivity contribution in [1.82, 2.24) is 9.21 Å². The average Bonchev–Trinajstić information content (AvgIpc) is 3.50. The summed E-state index contributed by atoms with van der Waals surface area (Å²) in [5.74, 6) is -0.0131. The van der Waals surface area contributed by atoms with Crippen LogP contribution in [0, 0.1) is 6.92 Å². The first-order chi connectivity index (χ1) is 17.3. The number of aryl methyl sites for hydroxylation is 1. The van der Waals surface area contributed by atoms with Gasteiger partial charge in [-0.25, -0.2) is 17.5 Å². The molecule has 2 aliphatic rings. The monoisotopic (exact) mass is 530 g/mol. The molecule has 1 fully saturated rings. The van der Waals surface area contributed by atoms with E-state index in [1.54, 1.807) is 26.0 Å². The number of benzene rings is 2. The number of furan rings is 1. The molecule has 0 unspecified atom stereocenters. The predicted molar refractivity (Wildman–Crippen MR) is 138 cm³/mol. The first kappa shape index (κ1) is 24.5. The number of anilines is 1. The molecule has 2 aliphatic heterocycles. The Hall–Kier alpha value is -3.24. The Bertz CT molecular complexity index is 1440. The van der Waals surface area contributed by atoms with Gasteiger partial charge in [-0.3, -0.25) is 4.99 Å². The number of halogens is 1. The van der Waals surface area contributed by atoms with Crippen LogP contribution in [-0.2, 0) is 14.8 Å². The van der Waals surface area contributed by atoms with Crippen molar-refractivity contribution in [2.45, 2.75) is 18.7 Å². The largest absolute Gasteiger partial charge is 0.460 e. The third kappa shape index (κ3) is 4.39. The summed E-state index contributed by atoms with van der Waals surface area (Å²) in [5.41, 5.74) is 2.03. The number of sulfonamides is 1. The number of rotatable bonds is 5. The number of nitrogens with zero attached hydrogens (tertiary/aromatic N) is 4. The second-order valence-electron chi connectivity index (χ2n) is 8.65. The number of hydrogen-bond donors (Lipinski definition) is 0. The van der Waals surface area contributed by atoms with E-state index in [-0.39, 0.29) is 23.8 Å². The van der Waals surface area contributed by atoms with Crippen molar-refractivity contribution in [3.05, 3.63) is 58.8 Å². The molecule has 3 heterocycles. The number of aliphatic imine (C=N–C) groups is 1. The molecule has 9 nitrogen and oxygen atoms in total. The first-order valence-electron chi connectivity index (χ1n) is 11.8. The summed E-state index contributed by atoms with van der Waals surface area (Å²) >= 11 is 6.14. The molecule has 1 aromatic heterocycles. The lowest BCUT2D eigenvalue weighted by Crippen LogP contribution is -2.53. The molecule has 0 spiro atoms. The number of ether oxygens (including phenoxy) is 1. The normalized spacial score (nSPS) is 16.5. The quantitative estimate of drug-likeness (QED) is 0.463. The van der Waals surface area contributed by atoms with E-state index in [1.807, 2.05) is 29.2 Å². The zero-order valence-electron chi connectivity index (χ0n) is 20.1. The van der Waals surface area contributed by atoms with Crippen LogP contribution in [0.1, 0.15) is 23.0 Å². The molecular weight excluding hydrogens is 504 g/mol. The smallest absolute Gasteiger partial charge is 0.374 e. The summed E-state index contributed by atoms with van der Waals surface area (Å²) in [7, 11) is -3.87. The fourth-order valence-electron chi connectivity index (χ4n) is 4.62. The van der Waals surface area contributed by atoms with Gasteiger partial charge in [-0.05, 0) is 50.2 Å². The summed E-state index contributed by atoms with van der Waals surface area (Å²) in [6.45, 7) is 7.07. The maximum atomic E-state index is 13.7. The fourth-order valence-corrected chi connectivity index (χ4v) is 6.28. The molecular formula is C25H27ClN4O5S. The van der Waals surface area contributed by atoms with Gasteiger partial charge < -0.3 is 19.0 Å². The second kappa shape index (κ2) is 9.67. The van der Waals surface area contributed by atoms with Crippen LogP contribution >= 0.6 is 11.6 Å². The number of fused-ring (bicyclic) bond motifs is 1. The molecule has 1 saturated heterocycles. The van der Waals surface area contributed by atoms with Gasteiger partial charge in [0.15, 0.2) is 0 Å². The van der Waals surface area contributed by atoms with E-state index in [9.17, 15) is 13.2 Å². The van der Waals surface area contributed by atoms with Gasteiger partial charge in [-0.1, -0.05) is 17.7 Å². The number of carbonyl (C=O) groups is 1. The highest BCUT2D eigenvalue weighted by Gasteiger charge is 2.35. The highest BCUT2D eigenvalue weighted by molar-refractivity contribution is 7.89.